The van der Waals surface area contributed by atoms with Gasteiger partial charge in [-0.1, -0.05) is 51.7 Å². The number of aliphatic hydroxyl groups excluding tert-OH is 1. The molecule has 0 spiro atoms. The Morgan fingerprint density at radius 2 is 1.88 bits per heavy atom. The number of aryl methyl sites for hydroxylation is 1. The van der Waals surface area contributed by atoms with Crippen molar-refractivity contribution >= 4 is 0 Å². The smallest absolute Gasteiger partial charge is 0.112 e. The number of hydrogen-bond donors (Lipinski definition) is 1. The van der Waals surface area contributed by atoms with Crippen molar-refractivity contribution in [2.75, 3.05) is 0 Å². The average Bonchev–Trinajstić information content (AvgIpc) is 2.72. The van der Waals surface area contributed by atoms with Crippen LogP contribution in [0.15, 0.2) is 0 Å². The second-order valence-corrected chi connectivity index (χ2v) is 4.87. The van der Waals surface area contributed by atoms with Crippen LogP contribution in [0.3, 0.4) is 0 Å². The van der Waals surface area contributed by atoms with E-state index in [9.17, 15) is 5.11 Å². The molecule has 0 radical (unpaired) electrons. The van der Waals surface area contributed by atoms with Crippen LogP contribution < -0.4 is 0 Å². The Morgan fingerprint density at radius 3 is 2.47 bits per heavy atom. The maximum Gasteiger partial charge on any atom is 0.112 e. The van der Waals surface area contributed by atoms with Crippen molar-refractivity contribution in [1.82, 2.24) is 15.0 Å². The Bertz CT molecular complexity index is 320. The van der Waals surface area contributed by atoms with E-state index in [2.05, 4.69) is 31.1 Å². The van der Waals surface area contributed by atoms with Gasteiger partial charge in [-0.05, 0) is 12.3 Å². The van der Waals surface area contributed by atoms with E-state index >= 15 is 0 Å². The van der Waals surface area contributed by atoms with Crippen molar-refractivity contribution in [3.05, 3.63) is 11.4 Å². The molecule has 1 aromatic rings. The molecule has 17 heavy (non-hydrogen) atoms. The zero-order valence-electron chi connectivity index (χ0n) is 11.3. The lowest BCUT2D eigenvalue weighted by Gasteiger charge is -2.10. The van der Waals surface area contributed by atoms with Crippen molar-refractivity contribution < 1.29 is 5.11 Å². The SMILES string of the molecule is CCCCCCCn1nnc(CO)c1C(C)C. The Kier molecular flexibility index (Phi) is 6.19. The highest BCUT2D eigenvalue weighted by atomic mass is 16.3. The average molecular weight is 239 g/mol. The topological polar surface area (TPSA) is 50.9 Å². The van der Waals surface area contributed by atoms with Crippen LogP contribution in [0.2, 0.25) is 0 Å². The Labute approximate surface area is 104 Å². The van der Waals surface area contributed by atoms with Crippen LogP contribution >= 0.6 is 0 Å². The fraction of sp³-hybridized carbons (Fsp3) is 0.846. The van der Waals surface area contributed by atoms with Gasteiger partial charge in [0.2, 0.25) is 0 Å². The zero-order valence-corrected chi connectivity index (χ0v) is 11.3. The molecule has 1 heterocycles. The fourth-order valence-corrected chi connectivity index (χ4v) is 2.13. The van der Waals surface area contributed by atoms with Crippen molar-refractivity contribution in [3.8, 4) is 0 Å². The largest absolute Gasteiger partial charge is 0.390 e. The molecule has 1 aromatic heterocycles. The second kappa shape index (κ2) is 7.43. The Balaban J connectivity index is 2.50. The van der Waals surface area contributed by atoms with Crippen LogP contribution in [0.25, 0.3) is 0 Å². The van der Waals surface area contributed by atoms with Gasteiger partial charge in [0, 0.05) is 6.54 Å². The van der Waals surface area contributed by atoms with E-state index in [0.29, 0.717) is 5.92 Å². The van der Waals surface area contributed by atoms with E-state index in [1.165, 1.54) is 25.7 Å². The molecule has 0 aliphatic rings. The first-order chi connectivity index (χ1) is 8.20. The van der Waals surface area contributed by atoms with Gasteiger partial charge in [0.25, 0.3) is 0 Å². The normalized spacial score (nSPS) is 11.4. The summed E-state index contributed by atoms with van der Waals surface area (Å²) >= 11 is 0. The number of unbranched alkanes of at least 4 members (excludes halogenated alkanes) is 4. The van der Waals surface area contributed by atoms with Gasteiger partial charge < -0.3 is 5.11 Å². The lowest BCUT2D eigenvalue weighted by Crippen LogP contribution is -2.08. The molecule has 0 fully saturated rings. The third-order valence-corrected chi connectivity index (χ3v) is 3.02. The van der Waals surface area contributed by atoms with Crippen molar-refractivity contribution in [3.63, 3.8) is 0 Å². The minimum absolute atomic E-state index is 0.0106. The van der Waals surface area contributed by atoms with E-state index in [1.54, 1.807) is 0 Å². The van der Waals surface area contributed by atoms with Gasteiger partial charge in [-0.25, -0.2) is 4.68 Å². The highest BCUT2D eigenvalue weighted by molar-refractivity contribution is 5.13. The molecule has 0 atom stereocenters. The highest BCUT2D eigenvalue weighted by Crippen LogP contribution is 2.18. The van der Waals surface area contributed by atoms with Crippen molar-refractivity contribution in [2.24, 2.45) is 0 Å². The Morgan fingerprint density at radius 1 is 1.18 bits per heavy atom. The molecule has 0 saturated heterocycles. The van der Waals surface area contributed by atoms with Crippen molar-refractivity contribution in [1.29, 1.82) is 0 Å². The molecule has 0 unspecified atom stereocenters. The summed E-state index contributed by atoms with van der Waals surface area (Å²) in [5.74, 6) is 0.364. The van der Waals surface area contributed by atoms with E-state index in [1.807, 2.05) is 4.68 Å². The van der Waals surface area contributed by atoms with Crippen LogP contribution in [0.5, 0.6) is 0 Å². The molecule has 1 N–H and O–H groups in total. The van der Waals surface area contributed by atoms with E-state index in [0.717, 1.165) is 24.4 Å². The standard InChI is InChI=1S/C13H25N3O/c1-4-5-6-7-8-9-16-13(11(2)3)12(10-17)14-15-16/h11,17H,4-10H2,1-3H3. The van der Waals surface area contributed by atoms with Crippen LogP contribution in [-0.4, -0.2) is 20.1 Å². The first-order valence-electron chi connectivity index (χ1n) is 6.73. The molecule has 0 aromatic carbocycles. The maximum atomic E-state index is 9.21. The minimum Gasteiger partial charge on any atom is -0.390 e. The van der Waals surface area contributed by atoms with Gasteiger partial charge in [0.05, 0.1) is 12.3 Å². The van der Waals surface area contributed by atoms with Crippen molar-refractivity contribution in [2.45, 2.75) is 71.9 Å². The minimum atomic E-state index is -0.0106. The van der Waals surface area contributed by atoms with E-state index in [4.69, 9.17) is 0 Å². The predicted octanol–water partition coefficient (Wildman–Crippen LogP) is 2.86. The number of aromatic nitrogens is 3. The summed E-state index contributed by atoms with van der Waals surface area (Å²) in [5, 5.41) is 17.4. The fourth-order valence-electron chi connectivity index (χ4n) is 2.13. The van der Waals surface area contributed by atoms with Crippen LogP contribution in [0.1, 0.15) is 70.2 Å². The molecule has 0 amide bonds. The molecule has 4 heteroatoms. The number of rotatable bonds is 8. The third-order valence-electron chi connectivity index (χ3n) is 3.02. The molecule has 0 bridgehead atoms. The lowest BCUT2D eigenvalue weighted by molar-refractivity contribution is 0.275. The van der Waals surface area contributed by atoms with Gasteiger partial charge in [0.15, 0.2) is 0 Å². The number of aliphatic hydroxyl groups is 1. The monoisotopic (exact) mass is 239 g/mol. The van der Waals surface area contributed by atoms with Gasteiger partial charge in [0.1, 0.15) is 5.69 Å². The highest BCUT2D eigenvalue weighted by Gasteiger charge is 2.14. The summed E-state index contributed by atoms with van der Waals surface area (Å²) in [6.45, 7) is 7.37. The van der Waals surface area contributed by atoms with Crippen LogP contribution in [0, 0.1) is 0 Å². The van der Waals surface area contributed by atoms with Gasteiger partial charge in [-0.3, -0.25) is 0 Å². The molecule has 1 rings (SSSR count). The summed E-state index contributed by atoms with van der Waals surface area (Å²) in [6, 6.07) is 0. The van der Waals surface area contributed by atoms with Gasteiger partial charge >= 0.3 is 0 Å². The summed E-state index contributed by atoms with van der Waals surface area (Å²) in [6.07, 6.45) is 6.29. The first-order valence-corrected chi connectivity index (χ1v) is 6.73. The molecule has 0 saturated carbocycles. The Hall–Kier alpha value is -0.900. The lowest BCUT2D eigenvalue weighted by atomic mass is 10.1. The van der Waals surface area contributed by atoms with Crippen LogP contribution in [-0.2, 0) is 13.2 Å². The van der Waals surface area contributed by atoms with Gasteiger partial charge in [-0.15, -0.1) is 5.10 Å². The summed E-state index contributed by atoms with van der Waals surface area (Å²) < 4.78 is 1.96. The van der Waals surface area contributed by atoms with E-state index in [-0.39, 0.29) is 6.61 Å². The first kappa shape index (κ1) is 14.2. The number of hydrogen-bond acceptors (Lipinski definition) is 3. The van der Waals surface area contributed by atoms with Gasteiger partial charge in [-0.2, -0.15) is 0 Å². The molecule has 98 valence electrons. The molecule has 4 nitrogen and oxygen atoms in total. The summed E-state index contributed by atoms with van der Waals surface area (Å²) in [7, 11) is 0. The summed E-state index contributed by atoms with van der Waals surface area (Å²) in [5.41, 5.74) is 1.82. The molecular formula is C13H25N3O. The maximum absolute atomic E-state index is 9.21. The van der Waals surface area contributed by atoms with E-state index < -0.39 is 0 Å². The summed E-state index contributed by atoms with van der Waals surface area (Å²) in [4.78, 5) is 0. The molecular weight excluding hydrogens is 214 g/mol. The third kappa shape index (κ3) is 4.11. The molecule has 0 aliphatic heterocycles. The quantitative estimate of drug-likeness (QED) is 0.710. The zero-order chi connectivity index (χ0) is 12.7. The number of nitrogens with zero attached hydrogens (tertiary/aromatic N) is 3. The predicted molar refractivity (Wildman–Crippen MR) is 68.8 cm³/mol. The molecule has 0 aliphatic carbocycles. The van der Waals surface area contributed by atoms with Crippen LogP contribution in [0.4, 0.5) is 0 Å². The second-order valence-electron chi connectivity index (χ2n) is 4.87.